The largest absolute Gasteiger partial charge is 0.353 e. The molecule has 0 aromatic rings. The van der Waals surface area contributed by atoms with E-state index in [1.54, 1.807) is 0 Å². The van der Waals surface area contributed by atoms with Crippen LogP contribution in [0.15, 0.2) is 0 Å². The Labute approximate surface area is 99.4 Å². The molecule has 1 saturated carbocycles. The Morgan fingerprint density at radius 3 is 2.69 bits per heavy atom. The summed E-state index contributed by atoms with van der Waals surface area (Å²) in [7, 11) is 0. The van der Waals surface area contributed by atoms with Gasteiger partial charge in [-0.1, -0.05) is 27.2 Å². The molecule has 0 radical (unpaired) electrons. The van der Waals surface area contributed by atoms with Gasteiger partial charge in [0.15, 0.2) is 0 Å². The van der Waals surface area contributed by atoms with Crippen LogP contribution in [0.2, 0.25) is 0 Å². The van der Waals surface area contributed by atoms with Crippen LogP contribution in [0, 0.1) is 5.41 Å². The van der Waals surface area contributed by atoms with Gasteiger partial charge in [-0.25, -0.2) is 0 Å². The van der Waals surface area contributed by atoms with Gasteiger partial charge in [0.05, 0.1) is 0 Å². The van der Waals surface area contributed by atoms with Crippen LogP contribution in [0.1, 0.15) is 53.4 Å². The second-order valence-electron chi connectivity index (χ2n) is 5.66. The van der Waals surface area contributed by atoms with Crippen LogP contribution in [0.3, 0.4) is 0 Å². The number of rotatable bonds is 5. The summed E-state index contributed by atoms with van der Waals surface area (Å²) in [4.78, 5) is 11.8. The molecule has 2 N–H and O–H groups in total. The first-order valence-corrected chi connectivity index (χ1v) is 6.48. The van der Waals surface area contributed by atoms with Gasteiger partial charge in [0.1, 0.15) is 0 Å². The van der Waals surface area contributed by atoms with Crippen molar-refractivity contribution in [3.63, 3.8) is 0 Å². The molecule has 0 spiro atoms. The number of hydrogen-bond donors (Lipinski definition) is 2. The zero-order valence-corrected chi connectivity index (χ0v) is 11.1. The van der Waals surface area contributed by atoms with Gasteiger partial charge in [-0.05, 0) is 31.7 Å². The number of amides is 1. The highest BCUT2D eigenvalue weighted by atomic mass is 16.1. The lowest BCUT2D eigenvalue weighted by Crippen LogP contribution is -2.43. The molecule has 2 unspecified atom stereocenters. The number of carbonyl (C=O) groups excluding carboxylic acids is 1. The molecular weight excluding hydrogens is 200 g/mol. The highest BCUT2D eigenvalue weighted by Crippen LogP contribution is 2.37. The highest BCUT2D eigenvalue weighted by molar-refractivity contribution is 5.77. The fourth-order valence-corrected chi connectivity index (χ4v) is 2.55. The molecule has 3 heteroatoms. The SMILES string of the molecule is CCNC(C)CC(=O)NC1CCCC1(C)C. The van der Waals surface area contributed by atoms with Gasteiger partial charge in [0.25, 0.3) is 0 Å². The van der Waals surface area contributed by atoms with Gasteiger partial charge in [-0.2, -0.15) is 0 Å². The predicted molar refractivity (Wildman–Crippen MR) is 67.3 cm³/mol. The molecule has 0 heterocycles. The van der Waals surface area contributed by atoms with Crippen molar-refractivity contribution in [1.82, 2.24) is 10.6 Å². The Morgan fingerprint density at radius 1 is 1.50 bits per heavy atom. The lowest BCUT2D eigenvalue weighted by molar-refractivity contribution is -0.122. The van der Waals surface area contributed by atoms with E-state index >= 15 is 0 Å². The summed E-state index contributed by atoms with van der Waals surface area (Å²) in [6, 6.07) is 0.642. The van der Waals surface area contributed by atoms with Gasteiger partial charge >= 0.3 is 0 Å². The van der Waals surface area contributed by atoms with E-state index < -0.39 is 0 Å². The molecule has 0 bridgehead atoms. The molecule has 1 aliphatic carbocycles. The summed E-state index contributed by atoms with van der Waals surface area (Å²) in [6.45, 7) is 9.54. The molecule has 1 amide bonds. The van der Waals surface area contributed by atoms with Crippen LogP contribution in [-0.4, -0.2) is 24.5 Å². The Hall–Kier alpha value is -0.570. The maximum Gasteiger partial charge on any atom is 0.221 e. The fraction of sp³-hybridized carbons (Fsp3) is 0.923. The smallest absolute Gasteiger partial charge is 0.221 e. The molecule has 94 valence electrons. The Bertz CT molecular complexity index is 238. The van der Waals surface area contributed by atoms with Crippen molar-refractivity contribution in [1.29, 1.82) is 0 Å². The van der Waals surface area contributed by atoms with Crippen molar-refractivity contribution < 1.29 is 4.79 Å². The van der Waals surface area contributed by atoms with E-state index in [9.17, 15) is 4.79 Å². The van der Waals surface area contributed by atoms with Crippen molar-refractivity contribution >= 4 is 5.91 Å². The molecule has 0 saturated heterocycles. The summed E-state index contributed by atoms with van der Waals surface area (Å²) in [5, 5.41) is 6.44. The maximum absolute atomic E-state index is 11.8. The third-order valence-electron chi connectivity index (χ3n) is 3.64. The van der Waals surface area contributed by atoms with E-state index in [1.807, 2.05) is 0 Å². The standard InChI is InChI=1S/C13H26N2O/c1-5-14-10(2)9-12(16)15-11-7-6-8-13(11,3)4/h10-11,14H,5-9H2,1-4H3,(H,15,16). The lowest BCUT2D eigenvalue weighted by Gasteiger charge is -2.28. The normalized spacial score (nSPS) is 25.4. The molecule has 3 nitrogen and oxygen atoms in total. The number of nitrogens with one attached hydrogen (secondary N) is 2. The molecule has 16 heavy (non-hydrogen) atoms. The van der Waals surface area contributed by atoms with Crippen LogP contribution in [0.4, 0.5) is 0 Å². The summed E-state index contributed by atoms with van der Waals surface area (Å²) in [5.41, 5.74) is 0.275. The van der Waals surface area contributed by atoms with Crippen molar-refractivity contribution in [2.75, 3.05) is 6.54 Å². The van der Waals surface area contributed by atoms with Gasteiger partial charge < -0.3 is 10.6 Å². The van der Waals surface area contributed by atoms with Crippen molar-refractivity contribution in [3.8, 4) is 0 Å². The Morgan fingerprint density at radius 2 is 2.19 bits per heavy atom. The highest BCUT2D eigenvalue weighted by Gasteiger charge is 2.35. The zero-order valence-electron chi connectivity index (χ0n) is 11.1. The third-order valence-corrected chi connectivity index (χ3v) is 3.64. The molecule has 1 rings (SSSR count). The topological polar surface area (TPSA) is 41.1 Å². The first-order chi connectivity index (χ1) is 7.45. The molecule has 1 aliphatic rings. The van der Waals surface area contributed by atoms with Crippen molar-refractivity contribution in [3.05, 3.63) is 0 Å². The van der Waals surface area contributed by atoms with E-state index in [0.29, 0.717) is 12.5 Å². The molecular formula is C13H26N2O. The fourth-order valence-electron chi connectivity index (χ4n) is 2.55. The minimum atomic E-state index is 0.188. The van der Waals surface area contributed by atoms with E-state index in [1.165, 1.54) is 12.8 Å². The minimum Gasteiger partial charge on any atom is -0.353 e. The average Bonchev–Trinajstić information content (AvgIpc) is 2.46. The first kappa shape index (κ1) is 13.5. The van der Waals surface area contributed by atoms with Crippen molar-refractivity contribution in [2.45, 2.75) is 65.5 Å². The molecule has 1 fully saturated rings. The quantitative estimate of drug-likeness (QED) is 0.753. The summed E-state index contributed by atoms with van der Waals surface area (Å²) in [5.74, 6) is 0.188. The molecule has 0 aromatic heterocycles. The maximum atomic E-state index is 11.8. The summed E-state index contributed by atoms with van der Waals surface area (Å²) < 4.78 is 0. The monoisotopic (exact) mass is 226 g/mol. The number of hydrogen-bond acceptors (Lipinski definition) is 2. The molecule has 0 aromatic carbocycles. The zero-order chi connectivity index (χ0) is 12.2. The van der Waals surface area contributed by atoms with Crippen LogP contribution < -0.4 is 10.6 Å². The average molecular weight is 226 g/mol. The van der Waals surface area contributed by atoms with Gasteiger partial charge in [0, 0.05) is 18.5 Å². The number of carbonyl (C=O) groups is 1. The molecule has 0 aliphatic heterocycles. The van der Waals surface area contributed by atoms with E-state index in [-0.39, 0.29) is 17.4 Å². The Balaban J connectivity index is 2.34. The second-order valence-corrected chi connectivity index (χ2v) is 5.66. The second kappa shape index (κ2) is 5.67. The molecule has 2 atom stereocenters. The van der Waals surface area contributed by atoms with Crippen molar-refractivity contribution in [2.24, 2.45) is 5.41 Å². The lowest BCUT2D eigenvalue weighted by atomic mass is 9.87. The first-order valence-electron chi connectivity index (χ1n) is 6.48. The van der Waals surface area contributed by atoms with Crippen LogP contribution in [0.25, 0.3) is 0 Å². The van der Waals surface area contributed by atoms with E-state index in [0.717, 1.165) is 13.0 Å². The predicted octanol–water partition coefficient (Wildman–Crippen LogP) is 2.07. The van der Waals surface area contributed by atoms with Gasteiger partial charge in [-0.3, -0.25) is 4.79 Å². The van der Waals surface area contributed by atoms with Gasteiger partial charge in [-0.15, -0.1) is 0 Å². The third kappa shape index (κ3) is 3.78. The van der Waals surface area contributed by atoms with E-state index in [2.05, 4.69) is 38.3 Å². The Kier molecular flexibility index (Phi) is 4.78. The van der Waals surface area contributed by atoms with Gasteiger partial charge in [0.2, 0.25) is 5.91 Å². The van der Waals surface area contributed by atoms with E-state index in [4.69, 9.17) is 0 Å². The minimum absolute atomic E-state index is 0.188. The summed E-state index contributed by atoms with van der Waals surface area (Å²) >= 11 is 0. The van der Waals surface area contributed by atoms with Crippen LogP contribution >= 0.6 is 0 Å². The van der Waals surface area contributed by atoms with Crippen LogP contribution in [-0.2, 0) is 4.79 Å². The van der Waals surface area contributed by atoms with Crippen LogP contribution in [0.5, 0.6) is 0 Å². The summed E-state index contributed by atoms with van der Waals surface area (Å²) in [6.07, 6.45) is 4.18.